The van der Waals surface area contributed by atoms with E-state index >= 15 is 0 Å². The van der Waals surface area contributed by atoms with Crippen molar-refractivity contribution in [3.05, 3.63) is 24.3 Å². The summed E-state index contributed by atoms with van der Waals surface area (Å²) in [5, 5.41) is 2.84. The zero-order chi connectivity index (χ0) is 14.4. The van der Waals surface area contributed by atoms with Gasteiger partial charge in [-0.3, -0.25) is 4.79 Å². The molecule has 0 aromatic heterocycles. The molecule has 0 radical (unpaired) electrons. The maximum atomic E-state index is 11.1. The summed E-state index contributed by atoms with van der Waals surface area (Å²) in [5.74, 6) is 1.20. The highest BCUT2D eigenvalue weighted by Gasteiger charge is 2.11. The molecule has 1 aromatic rings. The van der Waals surface area contributed by atoms with Gasteiger partial charge in [0, 0.05) is 31.4 Å². The van der Waals surface area contributed by atoms with Gasteiger partial charge in [0.25, 0.3) is 0 Å². The van der Waals surface area contributed by atoms with Crippen molar-refractivity contribution in [2.45, 2.75) is 34.6 Å². The van der Waals surface area contributed by atoms with Gasteiger partial charge in [-0.2, -0.15) is 0 Å². The number of carbonyl (C=O) groups excluding carboxylic acids is 1. The van der Waals surface area contributed by atoms with Crippen molar-refractivity contribution in [1.29, 1.82) is 0 Å². The van der Waals surface area contributed by atoms with Gasteiger partial charge in [0.1, 0.15) is 0 Å². The SMILES string of the molecule is CC(=O)Nc1cccc(N(CC(C)C)CC(C)C)c1. The number of amides is 1. The number of rotatable bonds is 6. The lowest BCUT2D eigenvalue weighted by Gasteiger charge is -2.29. The van der Waals surface area contributed by atoms with Gasteiger partial charge < -0.3 is 10.2 Å². The van der Waals surface area contributed by atoms with Crippen molar-refractivity contribution in [3.63, 3.8) is 0 Å². The van der Waals surface area contributed by atoms with Crippen LogP contribution in [0.25, 0.3) is 0 Å². The Labute approximate surface area is 117 Å². The van der Waals surface area contributed by atoms with Crippen LogP contribution in [0.5, 0.6) is 0 Å². The van der Waals surface area contributed by atoms with Crippen LogP contribution in [0, 0.1) is 11.8 Å². The van der Waals surface area contributed by atoms with Crippen molar-refractivity contribution < 1.29 is 4.79 Å². The van der Waals surface area contributed by atoms with Gasteiger partial charge in [-0.25, -0.2) is 0 Å². The van der Waals surface area contributed by atoms with Crippen molar-refractivity contribution in [3.8, 4) is 0 Å². The molecule has 0 heterocycles. The van der Waals surface area contributed by atoms with E-state index in [1.165, 1.54) is 12.6 Å². The maximum absolute atomic E-state index is 11.1. The molecular formula is C16H26N2O. The summed E-state index contributed by atoms with van der Waals surface area (Å²) in [6.07, 6.45) is 0. The first-order valence-corrected chi connectivity index (χ1v) is 7.01. The third-order valence-electron chi connectivity index (χ3n) is 2.70. The average Bonchev–Trinajstić information content (AvgIpc) is 2.26. The molecule has 0 spiro atoms. The van der Waals surface area contributed by atoms with Crippen LogP contribution in [-0.4, -0.2) is 19.0 Å². The van der Waals surface area contributed by atoms with Gasteiger partial charge in [0.2, 0.25) is 5.91 Å². The van der Waals surface area contributed by atoms with Gasteiger partial charge in [-0.1, -0.05) is 33.8 Å². The zero-order valence-corrected chi connectivity index (χ0v) is 12.7. The van der Waals surface area contributed by atoms with Crippen LogP contribution in [0.1, 0.15) is 34.6 Å². The molecule has 106 valence electrons. The fraction of sp³-hybridized carbons (Fsp3) is 0.562. The molecule has 1 amide bonds. The summed E-state index contributed by atoms with van der Waals surface area (Å²) in [6.45, 7) is 12.5. The van der Waals surface area contributed by atoms with E-state index in [1.54, 1.807) is 0 Å². The van der Waals surface area contributed by atoms with Crippen molar-refractivity contribution in [1.82, 2.24) is 0 Å². The van der Waals surface area contributed by atoms with Crippen LogP contribution in [0.3, 0.4) is 0 Å². The molecule has 3 heteroatoms. The van der Waals surface area contributed by atoms with Crippen LogP contribution in [-0.2, 0) is 4.79 Å². The number of benzene rings is 1. The highest BCUT2D eigenvalue weighted by atomic mass is 16.1. The monoisotopic (exact) mass is 262 g/mol. The van der Waals surface area contributed by atoms with E-state index in [0.29, 0.717) is 11.8 Å². The first-order valence-electron chi connectivity index (χ1n) is 7.01. The molecule has 1 aromatic carbocycles. The summed E-state index contributed by atoms with van der Waals surface area (Å²) < 4.78 is 0. The van der Waals surface area contributed by atoms with E-state index in [-0.39, 0.29) is 5.91 Å². The molecule has 0 aliphatic heterocycles. The Morgan fingerprint density at radius 3 is 2.21 bits per heavy atom. The Morgan fingerprint density at radius 2 is 1.74 bits per heavy atom. The van der Waals surface area contributed by atoms with Crippen LogP contribution < -0.4 is 10.2 Å². The normalized spacial score (nSPS) is 10.9. The third-order valence-corrected chi connectivity index (χ3v) is 2.70. The number of hydrogen-bond acceptors (Lipinski definition) is 2. The smallest absolute Gasteiger partial charge is 0.221 e. The average molecular weight is 262 g/mol. The van der Waals surface area contributed by atoms with Crippen LogP contribution >= 0.6 is 0 Å². The molecule has 1 rings (SSSR count). The second-order valence-corrected chi connectivity index (χ2v) is 5.92. The van der Waals surface area contributed by atoms with Crippen molar-refractivity contribution >= 4 is 17.3 Å². The van der Waals surface area contributed by atoms with E-state index in [9.17, 15) is 4.79 Å². The van der Waals surface area contributed by atoms with E-state index in [2.05, 4.69) is 44.0 Å². The number of anilines is 2. The van der Waals surface area contributed by atoms with Gasteiger partial charge in [-0.05, 0) is 30.0 Å². The predicted molar refractivity (Wildman–Crippen MR) is 82.6 cm³/mol. The molecule has 0 bridgehead atoms. The molecular weight excluding hydrogens is 236 g/mol. The van der Waals surface area contributed by atoms with E-state index in [1.807, 2.05) is 18.2 Å². The minimum absolute atomic E-state index is 0.0311. The van der Waals surface area contributed by atoms with Gasteiger partial charge >= 0.3 is 0 Å². The molecule has 0 unspecified atom stereocenters. The Morgan fingerprint density at radius 1 is 1.16 bits per heavy atom. The van der Waals surface area contributed by atoms with Gasteiger partial charge in [0.05, 0.1) is 0 Å². The first-order chi connectivity index (χ1) is 8.88. The molecule has 0 aliphatic carbocycles. The second kappa shape index (κ2) is 7.17. The minimum Gasteiger partial charge on any atom is -0.371 e. The summed E-state index contributed by atoms with van der Waals surface area (Å²) in [4.78, 5) is 13.5. The zero-order valence-electron chi connectivity index (χ0n) is 12.7. The fourth-order valence-corrected chi connectivity index (χ4v) is 2.15. The second-order valence-electron chi connectivity index (χ2n) is 5.92. The largest absolute Gasteiger partial charge is 0.371 e. The van der Waals surface area contributed by atoms with Crippen molar-refractivity contribution in [2.24, 2.45) is 11.8 Å². The maximum Gasteiger partial charge on any atom is 0.221 e. The Bertz CT molecular complexity index is 403. The standard InChI is InChI=1S/C16H26N2O/c1-12(2)10-18(11-13(3)4)16-8-6-7-15(9-16)17-14(5)19/h6-9,12-13H,10-11H2,1-5H3,(H,17,19). The number of hydrogen-bond donors (Lipinski definition) is 1. The lowest BCUT2D eigenvalue weighted by atomic mass is 10.1. The molecule has 1 N–H and O–H groups in total. The molecule has 0 saturated heterocycles. The quantitative estimate of drug-likeness (QED) is 0.846. The van der Waals surface area contributed by atoms with Crippen LogP contribution in [0.15, 0.2) is 24.3 Å². The van der Waals surface area contributed by atoms with E-state index in [4.69, 9.17) is 0 Å². The lowest BCUT2D eigenvalue weighted by molar-refractivity contribution is -0.114. The Balaban J connectivity index is 2.90. The topological polar surface area (TPSA) is 32.3 Å². The highest BCUT2D eigenvalue weighted by molar-refractivity contribution is 5.89. The molecule has 0 aliphatic rings. The Kier molecular flexibility index (Phi) is 5.87. The van der Waals surface area contributed by atoms with Crippen LogP contribution in [0.4, 0.5) is 11.4 Å². The summed E-state index contributed by atoms with van der Waals surface area (Å²) in [5.41, 5.74) is 2.04. The predicted octanol–water partition coefficient (Wildman–Crippen LogP) is 3.76. The fourth-order valence-electron chi connectivity index (χ4n) is 2.15. The van der Waals surface area contributed by atoms with Gasteiger partial charge in [-0.15, -0.1) is 0 Å². The molecule has 0 saturated carbocycles. The molecule has 19 heavy (non-hydrogen) atoms. The summed E-state index contributed by atoms with van der Waals surface area (Å²) >= 11 is 0. The van der Waals surface area contributed by atoms with E-state index in [0.717, 1.165) is 18.8 Å². The lowest BCUT2D eigenvalue weighted by Crippen LogP contribution is -2.31. The third kappa shape index (κ3) is 5.77. The number of nitrogens with one attached hydrogen (secondary N) is 1. The van der Waals surface area contributed by atoms with E-state index < -0.39 is 0 Å². The highest BCUT2D eigenvalue weighted by Crippen LogP contribution is 2.21. The molecule has 3 nitrogen and oxygen atoms in total. The number of carbonyl (C=O) groups is 1. The Hall–Kier alpha value is -1.51. The van der Waals surface area contributed by atoms with Crippen molar-refractivity contribution in [2.75, 3.05) is 23.3 Å². The summed E-state index contributed by atoms with van der Waals surface area (Å²) in [6, 6.07) is 8.07. The first kappa shape index (κ1) is 15.5. The number of nitrogens with zero attached hydrogens (tertiary/aromatic N) is 1. The minimum atomic E-state index is -0.0311. The van der Waals surface area contributed by atoms with Gasteiger partial charge in [0.15, 0.2) is 0 Å². The molecule has 0 fully saturated rings. The summed E-state index contributed by atoms with van der Waals surface area (Å²) in [7, 11) is 0. The van der Waals surface area contributed by atoms with Crippen LogP contribution in [0.2, 0.25) is 0 Å². The molecule has 0 atom stereocenters.